The van der Waals surface area contributed by atoms with Gasteiger partial charge in [-0.25, -0.2) is 0 Å². The number of non-ortho nitro benzene ring substituents is 1. The molecular formula is C31H34AsN3O5Si. The molecule has 0 N–H and O–H groups in total. The van der Waals surface area contributed by atoms with Gasteiger partial charge in [0, 0.05) is 0 Å². The van der Waals surface area contributed by atoms with E-state index in [1.165, 1.54) is 11.6 Å². The molecule has 8 nitrogen and oxygen atoms in total. The van der Waals surface area contributed by atoms with E-state index in [1.54, 1.807) is 18.4 Å². The van der Waals surface area contributed by atoms with Crippen molar-refractivity contribution in [2.24, 2.45) is 0 Å². The summed E-state index contributed by atoms with van der Waals surface area (Å²) in [6, 6.07) is 24.6. The van der Waals surface area contributed by atoms with Crippen molar-refractivity contribution in [1.29, 1.82) is 0 Å². The van der Waals surface area contributed by atoms with E-state index in [2.05, 4.69) is 56.0 Å². The number of hydrogen-bond acceptors (Lipinski definition) is 6. The Balaban J connectivity index is 1.50. The Morgan fingerprint density at radius 2 is 1.90 bits per heavy atom. The quantitative estimate of drug-likeness (QED) is 0.0935. The van der Waals surface area contributed by atoms with Crippen LogP contribution in [-0.2, 0) is 27.4 Å². The summed E-state index contributed by atoms with van der Waals surface area (Å²) in [6.07, 6.45) is 4.41. The fraction of sp³-hybridized carbons (Fsp3) is 0.258. The third kappa shape index (κ3) is 7.76. The monoisotopic (exact) mass is 631 g/mol. The van der Waals surface area contributed by atoms with E-state index < -0.39 is 23.8 Å². The van der Waals surface area contributed by atoms with Crippen LogP contribution >= 0.6 is 0 Å². The molecule has 2 heterocycles. The third-order valence-corrected chi connectivity index (χ3v) is 10.9. The van der Waals surface area contributed by atoms with Crippen LogP contribution in [0.3, 0.4) is 0 Å². The zero-order valence-electron chi connectivity index (χ0n) is 23.5. The number of benzene rings is 3. The normalized spacial score (nSPS) is 13.9. The molecular weight excluding hydrogens is 597 g/mol. The van der Waals surface area contributed by atoms with Crippen LogP contribution in [0.2, 0.25) is 25.7 Å². The summed E-state index contributed by atoms with van der Waals surface area (Å²) < 4.78 is 21.4. The van der Waals surface area contributed by atoms with Crippen LogP contribution in [0, 0.1) is 10.1 Å². The van der Waals surface area contributed by atoms with Gasteiger partial charge in [-0.1, -0.05) is 0 Å². The van der Waals surface area contributed by atoms with Gasteiger partial charge >= 0.3 is 248 Å². The molecule has 5 rings (SSSR count). The summed E-state index contributed by atoms with van der Waals surface area (Å²) in [4.78, 5) is 10.9. The van der Waals surface area contributed by atoms with Crippen molar-refractivity contribution in [3.05, 3.63) is 112 Å². The number of nitro benzene ring substituents is 1. The first-order valence-electron chi connectivity index (χ1n) is 13.5. The SMILES string of the molecule is C[Si](C)(C)CCOCn1nc(C=C(Cc2ccccc2)C2=COCO2)c2ccc([AsH]c3cccc([N+](=O)[O-])c3)cc21. The summed E-state index contributed by atoms with van der Waals surface area (Å²) in [6.45, 7) is 8.26. The van der Waals surface area contributed by atoms with Crippen LogP contribution in [0.15, 0.2) is 90.4 Å². The van der Waals surface area contributed by atoms with E-state index in [0.717, 1.165) is 36.9 Å². The molecule has 1 aromatic heterocycles. The summed E-state index contributed by atoms with van der Waals surface area (Å²) in [7, 11) is -1.22. The summed E-state index contributed by atoms with van der Waals surface area (Å²) in [5, 5.41) is 17.3. The van der Waals surface area contributed by atoms with E-state index in [-0.39, 0.29) is 17.4 Å². The molecule has 0 spiro atoms. The third-order valence-electron chi connectivity index (χ3n) is 6.67. The Hall–Kier alpha value is -3.65. The number of aromatic nitrogens is 2. The van der Waals surface area contributed by atoms with Gasteiger partial charge in [-0.15, -0.1) is 0 Å². The van der Waals surface area contributed by atoms with E-state index in [1.807, 2.05) is 28.9 Å². The number of allylic oxidation sites excluding steroid dienone is 1. The predicted octanol–water partition coefficient (Wildman–Crippen LogP) is 5.12. The molecule has 0 aliphatic carbocycles. The first-order chi connectivity index (χ1) is 19.7. The Bertz CT molecular complexity index is 1590. The second-order valence-corrected chi connectivity index (χ2v) is 19.7. The number of nitro groups is 1. The molecule has 0 radical (unpaired) electrons. The summed E-state index contributed by atoms with van der Waals surface area (Å²) in [5.74, 6) is 0.705. The van der Waals surface area contributed by atoms with Crippen LogP contribution in [0.5, 0.6) is 0 Å². The van der Waals surface area contributed by atoms with Crippen molar-refractivity contribution in [1.82, 2.24) is 9.78 Å². The molecule has 1 aliphatic rings. The number of hydrogen-bond donors (Lipinski definition) is 0. The molecule has 1 atom stereocenters. The van der Waals surface area contributed by atoms with Gasteiger partial charge in [-0.05, 0) is 0 Å². The van der Waals surface area contributed by atoms with E-state index in [0.29, 0.717) is 25.5 Å². The van der Waals surface area contributed by atoms with Crippen molar-refractivity contribution < 1.29 is 19.1 Å². The van der Waals surface area contributed by atoms with Crippen LogP contribution in [0.25, 0.3) is 17.0 Å². The van der Waals surface area contributed by atoms with Gasteiger partial charge in [0.1, 0.15) is 0 Å². The first-order valence-corrected chi connectivity index (χ1v) is 19.3. The minimum atomic E-state index is -1.22. The van der Waals surface area contributed by atoms with Gasteiger partial charge < -0.3 is 0 Å². The summed E-state index contributed by atoms with van der Waals surface area (Å²) in [5.41, 5.74) is 4.08. The minimum absolute atomic E-state index is 0.124. The Labute approximate surface area is 247 Å². The molecule has 1 aliphatic heterocycles. The van der Waals surface area contributed by atoms with Crippen molar-refractivity contribution in [2.45, 2.75) is 38.8 Å². The van der Waals surface area contributed by atoms with Gasteiger partial charge in [0.15, 0.2) is 0 Å². The van der Waals surface area contributed by atoms with Crippen molar-refractivity contribution in [2.75, 3.05) is 13.4 Å². The second-order valence-electron chi connectivity index (χ2n) is 11.1. The molecule has 0 saturated heterocycles. The zero-order chi connectivity index (χ0) is 28.8. The Morgan fingerprint density at radius 1 is 1.10 bits per heavy atom. The Morgan fingerprint density at radius 3 is 2.63 bits per heavy atom. The molecule has 0 amide bonds. The average molecular weight is 632 g/mol. The average Bonchev–Trinajstić information content (AvgIpc) is 3.60. The van der Waals surface area contributed by atoms with Crippen LogP contribution in [0.1, 0.15) is 11.3 Å². The van der Waals surface area contributed by atoms with Crippen LogP contribution < -0.4 is 8.70 Å². The number of ether oxygens (including phenoxy) is 3. The standard InChI is InChI=1S/C31H34AsN3O5Si/c1-41(2,3)15-14-38-21-34-30-19-26(32-25-10-7-11-27(18-25)35(36)37)12-13-28(30)29(33-34)17-24(31-20-39-22-40-31)16-23-8-5-4-6-9-23/h4-13,17-20,32H,14-16,21-22H2,1-3H3. The Kier molecular flexibility index (Phi) is 9.07. The van der Waals surface area contributed by atoms with Crippen molar-refractivity contribution in [3.63, 3.8) is 0 Å². The molecule has 0 fully saturated rings. The van der Waals surface area contributed by atoms with Gasteiger partial charge in [0.05, 0.1) is 0 Å². The number of nitrogens with zero attached hydrogens (tertiary/aromatic N) is 3. The molecule has 0 bridgehead atoms. The van der Waals surface area contributed by atoms with Gasteiger partial charge in [0.2, 0.25) is 0 Å². The topological polar surface area (TPSA) is 88.7 Å². The van der Waals surface area contributed by atoms with Crippen LogP contribution in [-0.4, -0.2) is 51.9 Å². The molecule has 41 heavy (non-hydrogen) atoms. The molecule has 212 valence electrons. The fourth-order valence-corrected chi connectivity index (χ4v) is 7.56. The second kappa shape index (κ2) is 12.9. The van der Waals surface area contributed by atoms with E-state index in [4.69, 9.17) is 19.3 Å². The number of rotatable bonds is 12. The van der Waals surface area contributed by atoms with Crippen molar-refractivity contribution in [3.8, 4) is 0 Å². The molecule has 1 unspecified atom stereocenters. The first kappa shape index (κ1) is 28.9. The molecule has 3 aromatic carbocycles. The molecule has 4 aromatic rings. The fourth-order valence-electron chi connectivity index (χ4n) is 4.48. The predicted molar refractivity (Wildman–Crippen MR) is 167 cm³/mol. The summed E-state index contributed by atoms with van der Waals surface area (Å²) >= 11 is -0.789. The van der Waals surface area contributed by atoms with E-state index >= 15 is 0 Å². The van der Waals surface area contributed by atoms with Crippen molar-refractivity contribution >= 4 is 55.2 Å². The number of fused-ring (bicyclic) bond motifs is 1. The van der Waals surface area contributed by atoms with E-state index in [9.17, 15) is 10.1 Å². The van der Waals surface area contributed by atoms with Gasteiger partial charge in [-0.2, -0.15) is 0 Å². The van der Waals surface area contributed by atoms with Gasteiger partial charge in [0.25, 0.3) is 0 Å². The zero-order valence-corrected chi connectivity index (χ0v) is 26.6. The van der Waals surface area contributed by atoms with Crippen LogP contribution in [0.4, 0.5) is 5.69 Å². The molecule has 10 heteroatoms. The molecule has 0 saturated carbocycles. The maximum absolute atomic E-state index is 11.3. The van der Waals surface area contributed by atoms with Gasteiger partial charge in [-0.3, -0.25) is 0 Å². The maximum atomic E-state index is 11.3.